The average molecular weight is 247 g/mol. The molecule has 0 radical (unpaired) electrons. The van der Waals surface area contributed by atoms with E-state index in [0.29, 0.717) is 4.68 Å². The summed E-state index contributed by atoms with van der Waals surface area (Å²) in [6, 6.07) is 0.760. The summed E-state index contributed by atoms with van der Waals surface area (Å²) >= 11 is 0. The van der Waals surface area contributed by atoms with E-state index in [1.54, 1.807) is 0 Å². The van der Waals surface area contributed by atoms with Gasteiger partial charge in [-0.05, 0) is 0 Å². The number of carboxylic acid groups (broad SMARTS) is 1. The van der Waals surface area contributed by atoms with Crippen molar-refractivity contribution in [3.8, 4) is 0 Å². The molecule has 0 aromatic carbocycles. The van der Waals surface area contributed by atoms with E-state index in [2.05, 4.69) is 5.10 Å². The molecule has 0 saturated carbocycles. The molecule has 0 spiro atoms. The third-order valence-corrected chi connectivity index (χ3v) is 2.04. The van der Waals surface area contributed by atoms with Gasteiger partial charge in [-0.25, -0.2) is 13.6 Å². The number of carboxylic acids is 1. The van der Waals surface area contributed by atoms with Gasteiger partial charge in [-0.3, -0.25) is 9.48 Å². The van der Waals surface area contributed by atoms with Gasteiger partial charge in [0.2, 0.25) is 5.91 Å². The second-order valence-corrected chi connectivity index (χ2v) is 3.51. The van der Waals surface area contributed by atoms with E-state index in [1.807, 2.05) is 0 Å². The van der Waals surface area contributed by atoms with Gasteiger partial charge < -0.3 is 10.0 Å². The summed E-state index contributed by atoms with van der Waals surface area (Å²) in [6.45, 7) is -0.417. The first-order chi connectivity index (χ1) is 7.82. The molecule has 6 nitrogen and oxygen atoms in total. The second kappa shape index (κ2) is 4.89. The second-order valence-electron chi connectivity index (χ2n) is 3.51. The van der Waals surface area contributed by atoms with Crippen LogP contribution in [0.4, 0.5) is 8.78 Å². The molecule has 0 aliphatic rings. The van der Waals surface area contributed by atoms with Gasteiger partial charge in [-0.15, -0.1) is 0 Å². The van der Waals surface area contributed by atoms with Crippen LogP contribution in [0, 0.1) is 0 Å². The number of aromatic carboxylic acids is 1. The number of aromatic nitrogens is 2. The number of hydrogen-bond donors (Lipinski definition) is 1. The molecular weight excluding hydrogens is 236 g/mol. The van der Waals surface area contributed by atoms with Crippen molar-refractivity contribution in [2.75, 3.05) is 14.1 Å². The van der Waals surface area contributed by atoms with E-state index < -0.39 is 36.2 Å². The molecule has 1 aromatic heterocycles. The molecular formula is C9H11F2N3O3. The fraction of sp³-hybridized carbons (Fsp3) is 0.444. The number of amides is 1. The first-order valence-electron chi connectivity index (χ1n) is 4.62. The van der Waals surface area contributed by atoms with Gasteiger partial charge in [0.1, 0.15) is 12.2 Å². The molecule has 1 heterocycles. The molecule has 8 heteroatoms. The minimum atomic E-state index is -2.88. The number of likely N-dealkylation sites (N-methyl/N-ethyl adjacent to an activating group) is 1. The van der Waals surface area contributed by atoms with Crippen LogP contribution in [0.3, 0.4) is 0 Å². The minimum absolute atomic E-state index is 0.417. The molecule has 0 bridgehead atoms. The maximum absolute atomic E-state index is 12.6. The van der Waals surface area contributed by atoms with E-state index in [-0.39, 0.29) is 0 Å². The zero-order chi connectivity index (χ0) is 13.2. The maximum atomic E-state index is 12.6. The van der Waals surface area contributed by atoms with Crippen LogP contribution in [0.1, 0.15) is 22.6 Å². The highest BCUT2D eigenvalue weighted by atomic mass is 19.3. The summed E-state index contributed by atoms with van der Waals surface area (Å²) in [7, 11) is 2.93. The predicted molar refractivity (Wildman–Crippen MR) is 52.8 cm³/mol. The van der Waals surface area contributed by atoms with Crippen molar-refractivity contribution in [1.29, 1.82) is 0 Å². The molecule has 0 aliphatic heterocycles. The number of halogens is 2. The lowest BCUT2D eigenvalue weighted by molar-refractivity contribution is -0.129. The summed E-state index contributed by atoms with van der Waals surface area (Å²) in [5.74, 6) is -1.87. The first kappa shape index (κ1) is 13.1. The molecule has 0 fully saturated rings. The molecule has 0 saturated heterocycles. The summed E-state index contributed by atoms with van der Waals surface area (Å²) in [4.78, 5) is 23.1. The van der Waals surface area contributed by atoms with Gasteiger partial charge in [0.15, 0.2) is 5.69 Å². The third kappa shape index (κ3) is 2.99. The average Bonchev–Trinajstić information content (AvgIpc) is 2.61. The van der Waals surface area contributed by atoms with Crippen molar-refractivity contribution in [3.63, 3.8) is 0 Å². The smallest absolute Gasteiger partial charge is 0.356 e. The summed E-state index contributed by atoms with van der Waals surface area (Å²) < 4.78 is 25.9. The van der Waals surface area contributed by atoms with Crippen molar-refractivity contribution in [1.82, 2.24) is 14.7 Å². The van der Waals surface area contributed by atoms with Gasteiger partial charge in [0.25, 0.3) is 6.43 Å². The van der Waals surface area contributed by atoms with Gasteiger partial charge in [-0.1, -0.05) is 0 Å². The molecule has 17 heavy (non-hydrogen) atoms. The Hall–Kier alpha value is -1.99. The zero-order valence-corrected chi connectivity index (χ0v) is 9.22. The topological polar surface area (TPSA) is 75.4 Å². The molecule has 1 aromatic rings. The number of carbonyl (C=O) groups is 2. The largest absolute Gasteiger partial charge is 0.476 e. The Labute approximate surface area is 95.4 Å². The summed E-state index contributed by atoms with van der Waals surface area (Å²) in [6.07, 6.45) is -2.88. The van der Waals surface area contributed by atoms with Crippen LogP contribution in [0.2, 0.25) is 0 Å². The molecule has 1 rings (SSSR count). The molecule has 1 amide bonds. The van der Waals surface area contributed by atoms with E-state index in [0.717, 1.165) is 6.07 Å². The normalized spacial score (nSPS) is 10.6. The van der Waals surface area contributed by atoms with Gasteiger partial charge in [-0.2, -0.15) is 5.10 Å². The van der Waals surface area contributed by atoms with Crippen LogP contribution in [-0.2, 0) is 11.3 Å². The van der Waals surface area contributed by atoms with Crippen LogP contribution in [-0.4, -0.2) is 45.8 Å². The fourth-order valence-corrected chi connectivity index (χ4v) is 1.11. The van der Waals surface area contributed by atoms with E-state index >= 15 is 0 Å². The van der Waals surface area contributed by atoms with E-state index in [9.17, 15) is 18.4 Å². The Kier molecular flexibility index (Phi) is 3.77. The Morgan fingerprint density at radius 2 is 2.12 bits per heavy atom. The zero-order valence-electron chi connectivity index (χ0n) is 9.22. The standard InChI is InChI=1S/C9H11F2N3O3/c1-13(2)7(15)4-14-6(8(10)11)3-5(12-14)9(16)17/h3,8H,4H2,1-2H3,(H,16,17). The lowest BCUT2D eigenvalue weighted by Crippen LogP contribution is -2.27. The summed E-state index contributed by atoms with van der Waals surface area (Å²) in [5, 5.41) is 12.1. The van der Waals surface area contributed by atoms with E-state index in [1.165, 1.54) is 19.0 Å². The predicted octanol–water partition coefficient (Wildman–Crippen LogP) is 0.607. The quantitative estimate of drug-likeness (QED) is 0.845. The Bertz CT molecular complexity index is 443. The Balaban J connectivity index is 3.04. The minimum Gasteiger partial charge on any atom is -0.476 e. The lowest BCUT2D eigenvalue weighted by Gasteiger charge is -2.11. The Morgan fingerprint density at radius 3 is 2.53 bits per heavy atom. The van der Waals surface area contributed by atoms with Crippen molar-refractivity contribution < 1.29 is 23.5 Å². The van der Waals surface area contributed by atoms with Crippen LogP contribution in [0.25, 0.3) is 0 Å². The van der Waals surface area contributed by atoms with Crippen molar-refractivity contribution in [2.24, 2.45) is 0 Å². The third-order valence-electron chi connectivity index (χ3n) is 2.04. The van der Waals surface area contributed by atoms with Gasteiger partial charge >= 0.3 is 5.97 Å². The van der Waals surface area contributed by atoms with Crippen molar-refractivity contribution in [3.05, 3.63) is 17.5 Å². The van der Waals surface area contributed by atoms with Crippen LogP contribution < -0.4 is 0 Å². The number of carbonyl (C=O) groups excluding carboxylic acids is 1. The van der Waals surface area contributed by atoms with Crippen LogP contribution >= 0.6 is 0 Å². The summed E-state index contributed by atoms with van der Waals surface area (Å²) in [5.41, 5.74) is -1.09. The SMILES string of the molecule is CN(C)C(=O)Cn1nc(C(=O)O)cc1C(F)F. The number of alkyl halides is 2. The number of hydrogen-bond acceptors (Lipinski definition) is 3. The monoisotopic (exact) mass is 247 g/mol. The molecule has 0 atom stereocenters. The highest BCUT2D eigenvalue weighted by Gasteiger charge is 2.21. The molecule has 1 N–H and O–H groups in total. The molecule has 0 unspecified atom stereocenters. The van der Waals surface area contributed by atoms with Gasteiger partial charge in [0.05, 0.1) is 0 Å². The highest BCUT2D eigenvalue weighted by molar-refractivity contribution is 5.85. The van der Waals surface area contributed by atoms with Crippen molar-refractivity contribution >= 4 is 11.9 Å². The van der Waals surface area contributed by atoms with Gasteiger partial charge in [0, 0.05) is 20.2 Å². The lowest BCUT2D eigenvalue weighted by atomic mass is 10.3. The van der Waals surface area contributed by atoms with Crippen molar-refractivity contribution in [2.45, 2.75) is 13.0 Å². The number of rotatable bonds is 4. The van der Waals surface area contributed by atoms with E-state index in [4.69, 9.17) is 5.11 Å². The maximum Gasteiger partial charge on any atom is 0.356 e. The van der Waals surface area contributed by atoms with Crippen LogP contribution in [0.5, 0.6) is 0 Å². The number of nitrogens with zero attached hydrogens (tertiary/aromatic N) is 3. The highest BCUT2D eigenvalue weighted by Crippen LogP contribution is 2.19. The molecule has 0 aliphatic carbocycles. The molecule has 94 valence electrons. The fourth-order valence-electron chi connectivity index (χ4n) is 1.11. The Morgan fingerprint density at radius 1 is 1.53 bits per heavy atom. The first-order valence-corrected chi connectivity index (χ1v) is 4.62. The van der Waals surface area contributed by atoms with Crippen LogP contribution in [0.15, 0.2) is 6.07 Å².